The van der Waals surface area contributed by atoms with Crippen LogP contribution >= 0.6 is 12.4 Å². The van der Waals surface area contributed by atoms with Crippen molar-refractivity contribution in [1.82, 2.24) is 10.2 Å². The minimum absolute atomic E-state index is 0. The highest BCUT2D eigenvalue weighted by Gasteiger charge is 2.15. The zero-order valence-electron chi connectivity index (χ0n) is 18.2. The molecule has 0 fully saturated rings. The van der Waals surface area contributed by atoms with Crippen molar-refractivity contribution in [2.24, 2.45) is 5.73 Å². The summed E-state index contributed by atoms with van der Waals surface area (Å²) in [4.78, 5) is 25.4. The molecule has 2 aromatic rings. The van der Waals surface area contributed by atoms with Gasteiger partial charge in [0.15, 0.2) is 0 Å². The number of rotatable bonds is 9. The van der Waals surface area contributed by atoms with E-state index in [1.54, 1.807) is 4.90 Å². The average Bonchev–Trinajstić information content (AvgIpc) is 2.70. The first-order valence-corrected chi connectivity index (χ1v) is 9.87. The fourth-order valence-electron chi connectivity index (χ4n) is 3.24. The maximum absolute atomic E-state index is 12.4. The second kappa shape index (κ2) is 12.2. The largest absolute Gasteiger partial charge is 0.488 e. The predicted octanol–water partition coefficient (Wildman–Crippen LogP) is 3.04. The van der Waals surface area contributed by atoms with Gasteiger partial charge >= 0.3 is 0 Å². The number of carbonyl (C=O) groups excluding carboxylic acids is 2. The van der Waals surface area contributed by atoms with E-state index >= 15 is 0 Å². The van der Waals surface area contributed by atoms with Crippen LogP contribution in [0.15, 0.2) is 36.4 Å². The van der Waals surface area contributed by atoms with Crippen LogP contribution in [0.5, 0.6) is 5.75 Å². The van der Waals surface area contributed by atoms with Gasteiger partial charge in [-0.2, -0.15) is 0 Å². The van der Waals surface area contributed by atoms with Crippen molar-refractivity contribution in [3.8, 4) is 5.75 Å². The number of nitrogens with two attached hydrogens (primary N) is 1. The molecule has 0 aliphatic rings. The Kier molecular flexibility index (Phi) is 10.4. The van der Waals surface area contributed by atoms with Gasteiger partial charge in [0.1, 0.15) is 12.4 Å². The lowest BCUT2D eigenvalue weighted by Crippen LogP contribution is -2.41. The molecule has 6 nitrogen and oxygen atoms in total. The molecule has 0 aliphatic carbocycles. The maximum Gasteiger partial charge on any atom is 0.242 e. The van der Waals surface area contributed by atoms with Crippen LogP contribution in [0.2, 0.25) is 0 Å². The van der Waals surface area contributed by atoms with Gasteiger partial charge in [-0.25, -0.2) is 0 Å². The molecule has 0 atom stereocenters. The molecular formula is C23H32ClN3O3. The van der Waals surface area contributed by atoms with Crippen LogP contribution in [0.3, 0.4) is 0 Å². The van der Waals surface area contributed by atoms with Crippen LogP contribution in [-0.2, 0) is 22.7 Å². The van der Waals surface area contributed by atoms with Crippen molar-refractivity contribution >= 4 is 24.2 Å². The van der Waals surface area contributed by atoms with Gasteiger partial charge in [-0.1, -0.05) is 36.4 Å². The summed E-state index contributed by atoms with van der Waals surface area (Å²) in [6.45, 7) is 9.42. The van der Waals surface area contributed by atoms with Crippen LogP contribution in [0.25, 0.3) is 0 Å². The third-order valence-electron chi connectivity index (χ3n) is 4.88. The zero-order valence-corrected chi connectivity index (χ0v) is 19.0. The third-order valence-corrected chi connectivity index (χ3v) is 4.88. The highest BCUT2D eigenvalue weighted by atomic mass is 35.5. The summed E-state index contributed by atoms with van der Waals surface area (Å²) < 4.78 is 6.11. The molecule has 0 aromatic heterocycles. The summed E-state index contributed by atoms with van der Waals surface area (Å²) >= 11 is 0. The average molecular weight is 434 g/mol. The van der Waals surface area contributed by atoms with Gasteiger partial charge in [0.05, 0.1) is 13.1 Å². The minimum Gasteiger partial charge on any atom is -0.488 e. The molecule has 2 rings (SSSR count). The van der Waals surface area contributed by atoms with Gasteiger partial charge in [-0.3, -0.25) is 9.59 Å². The number of aryl methyl sites for hydroxylation is 3. The Bertz CT molecular complexity index is 848. The number of ether oxygens (including phenoxy) is 1. The Morgan fingerprint density at radius 3 is 2.27 bits per heavy atom. The van der Waals surface area contributed by atoms with Crippen LogP contribution in [0.4, 0.5) is 0 Å². The number of hydrogen-bond donors (Lipinski definition) is 2. The summed E-state index contributed by atoms with van der Waals surface area (Å²) in [5, 5.41) is 2.53. The van der Waals surface area contributed by atoms with Crippen molar-refractivity contribution < 1.29 is 14.3 Å². The Morgan fingerprint density at radius 2 is 1.70 bits per heavy atom. The Hall–Kier alpha value is -2.57. The van der Waals surface area contributed by atoms with E-state index in [9.17, 15) is 9.59 Å². The van der Waals surface area contributed by atoms with Crippen LogP contribution < -0.4 is 15.8 Å². The summed E-state index contributed by atoms with van der Waals surface area (Å²) in [5.74, 6) is 0.405. The fourth-order valence-corrected chi connectivity index (χ4v) is 3.24. The smallest absolute Gasteiger partial charge is 0.242 e. The third kappa shape index (κ3) is 7.04. The molecule has 0 saturated heterocycles. The van der Waals surface area contributed by atoms with Crippen LogP contribution in [0, 0.1) is 20.8 Å². The van der Waals surface area contributed by atoms with E-state index in [-0.39, 0.29) is 37.3 Å². The predicted molar refractivity (Wildman–Crippen MR) is 122 cm³/mol. The molecule has 7 heteroatoms. The van der Waals surface area contributed by atoms with E-state index in [1.807, 2.05) is 32.9 Å². The lowest BCUT2D eigenvalue weighted by Gasteiger charge is -2.22. The number of halogens is 1. The van der Waals surface area contributed by atoms with Gasteiger partial charge in [-0.15, -0.1) is 12.4 Å². The zero-order chi connectivity index (χ0) is 21.4. The first kappa shape index (κ1) is 25.5. The van der Waals surface area contributed by atoms with E-state index in [2.05, 4.69) is 36.5 Å². The first-order valence-electron chi connectivity index (χ1n) is 9.87. The molecule has 3 N–H and O–H groups in total. The second-order valence-corrected chi connectivity index (χ2v) is 7.16. The van der Waals surface area contributed by atoms with Crippen molar-refractivity contribution in [3.05, 3.63) is 64.2 Å². The molecule has 2 amide bonds. The Balaban J connectivity index is 0.00000450. The van der Waals surface area contributed by atoms with Gasteiger partial charge < -0.3 is 20.7 Å². The quantitative estimate of drug-likeness (QED) is 0.636. The SMILES string of the molecule is CCN(Cc1cc(C)c(OCc2ccccc2C)c(C)c1)C(=O)CNC(=O)CN.Cl. The van der Waals surface area contributed by atoms with Gasteiger partial charge in [0, 0.05) is 13.1 Å². The monoisotopic (exact) mass is 433 g/mol. The number of likely N-dealkylation sites (N-methyl/N-ethyl adjacent to an activating group) is 1. The van der Waals surface area contributed by atoms with E-state index in [0.717, 1.165) is 28.0 Å². The normalized spacial score (nSPS) is 10.2. The Labute approximate surface area is 185 Å². The highest BCUT2D eigenvalue weighted by molar-refractivity contribution is 5.85. The van der Waals surface area contributed by atoms with E-state index in [1.165, 1.54) is 5.56 Å². The van der Waals surface area contributed by atoms with Gasteiger partial charge in [0.25, 0.3) is 0 Å². The topological polar surface area (TPSA) is 84.7 Å². The molecule has 30 heavy (non-hydrogen) atoms. The number of benzene rings is 2. The molecule has 0 radical (unpaired) electrons. The number of nitrogens with one attached hydrogen (secondary N) is 1. The second-order valence-electron chi connectivity index (χ2n) is 7.16. The highest BCUT2D eigenvalue weighted by Crippen LogP contribution is 2.27. The summed E-state index contributed by atoms with van der Waals surface area (Å²) in [6, 6.07) is 12.3. The number of nitrogens with zero attached hydrogens (tertiary/aromatic N) is 1. The number of amides is 2. The van der Waals surface area contributed by atoms with Crippen molar-refractivity contribution in [3.63, 3.8) is 0 Å². The fraction of sp³-hybridized carbons (Fsp3) is 0.391. The van der Waals surface area contributed by atoms with Crippen molar-refractivity contribution in [2.45, 2.75) is 40.8 Å². The molecule has 0 heterocycles. The molecule has 0 unspecified atom stereocenters. The molecule has 2 aromatic carbocycles. The Morgan fingerprint density at radius 1 is 1.07 bits per heavy atom. The van der Waals surface area contributed by atoms with Crippen LogP contribution in [-0.4, -0.2) is 36.3 Å². The summed E-state index contributed by atoms with van der Waals surface area (Å²) in [7, 11) is 0. The molecule has 0 aliphatic heterocycles. The summed E-state index contributed by atoms with van der Waals surface area (Å²) in [6.07, 6.45) is 0. The molecular weight excluding hydrogens is 402 g/mol. The molecule has 0 spiro atoms. The van der Waals surface area contributed by atoms with Crippen molar-refractivity contribution in [1.29, 1.82) is 0 Å². The van der Waals surface area contributed by atoms with Gasteiger partial charge in [-0.05, 0) is 55.5 Å². The minimum atomic E-state index is -0.337. The molecule has 0 bridgehead atoms. The van der Waals surface area contributed by atoms with E-state index in [0.29, 0.717) is 19.7 Å². The maximum atomic E-state index is 12.4. The standard InChI is InChI=1S/C23H31N3O3.ClH/c1-5-26(22(28)13-25-21(27)12-24)14-19-10-17(3)23(18(4)11-19)29-15-20-9-7-6-8-16(20)2;/h6-11H,5,12-15,24H2,1-4H3,(H,25,27);1H. The first-order chi connectivity index (χ1) is 13.8. The van der Waals surface area contributed by atoms with Gasteiger partial charge in [0.2, 0.25) is 11.8 Å². The number of hydrogen-bond acceptors (Lipinski definition) is 4. The van der Waals surface area contributed by atoms with Crippen LogP contribution in [0.1, 0.15) is 34.7 Å². The lowest BCUT2D eigenvalue weighted by atomic mass is 10.0. The van der Waals surface area contributed by atoms with E-state index < -0.39 is 0 Å². The molecule has 164 valence electrons. The summed E-state index contributed by atoms with van der Waals surface area (Å²) in [5.41, 5.74) is 10.7. The number of carbonyl (C=O) groups is 2. The molecule has 0 saturated carbocycles. The van der Waals surface area contributed by atoms with Crippen molar-refractivity contribution in [2.75, 3.05) is 19.6 Å². The lowest BCUT2D eigenvalue weighted by molar-refractivity contribution is -0.132. The van der Waals surface area contributed by atoms with E-state index in [4.69, 9.17) is 10.5 Å².